The summed E-state index contributed by atoms with van der Waals surface area (Å²) in [7, 11) is 0. The van der Waals surface area contributed by atoms with Crippen molar-refractivity contribution < 1.29 is 0 Å². The second-order valence-electron chi connectivity index (χ2n) is 5.08. The summed E-state index contributed by atoms with van der Waals surface area (Å²) in [6.45, 7) is 0. The molecule has 0 spiro atoms. The van der Waals surface area contributed by atoms with E-state index >= 15 is 0 Å². The molecule has 0 bridgehead atoms. The van der Waals surface area contributed by atoms with Gasteiger partial charge in [0.05, 0.1) is 5.69 Å². The maximum atomic E-state index is 5.69. The lowest BCUT2D eigenvalue weighted by Gasteiger charge is -2.03. The molecule has 0 saturated carbocycles. The Morgan fingerprint density at radius 1 is 0.957 bits per heavy atom. The molecular weight excluding hydrogens is 288 g/mol. The van der Waals surface area contributed by atoms with Crippen molar-refractivity contribution in [1.29, 1.82) is 0 Å². The second kappa shape index (κ2) is 5.42. The molecule has 6 heteroatoms. The molecule has 0 saturated heterocycles. The molecule has 1 aromatic carbocycles. The van der Waals surface area contributed by atoms with Gasteiger partial charge in [0.1, 0.15) is 5.82 Å². The van der Waals surface area contributed by atoms with Crippen LogP contribution in [-0.4, -0.2) is 19.6 Å². The van der Waals surface area contributed by atoms with Crippen LogP contribution in [0, 0.1) is 0 Å². The summed E-state index contributed by atoms with van der Waals surface area (Å²) in [5, 5.41) is 7.70. The van der Waals surface area contributed by atoms with E-state index in [1.165, 1.54) is 0 Å². The van der Waals surface area contributed by atoms with Crippen molar-refractivity contribution in [2.45, 2.75) is 0 Å². The lowest BCUT2D eigenvalue weighted by Crippen LogP contribution is -1.97. The highest BCUT2D eigenvalue weighted by atomic mass is 15.4. The number of benzene rings is 1. The van der Waals surface area contributed by atoms with Crippen LogP contribution in [0.25, 0.3) is 16.9 Å². The standard InChI is InChI=1S/C17H14N6/c18-15-11-13(9-10-19-15)20-17-21-16-8-4-7-14(23(16)22-17)12-5-2-1-3-6-12/h1-11H,(H3,18,19,20,22). The Balaban J connectivity index is 1.76. The smallest absolute Gasteiger partial charge is 0.247 e. The van der Waals surface area contributed by atoms with Crippen LogP contribution in [-0.2, 0) is 0 Å². The average molecular weight is 302 g/mol. The largest absolute Gasteiger partial charge is 0.384 e. The number of nitrogens with two attached hydrogens (primary N) is 1. The molecule has 0 unspecified atom stereocenters. The molecule has 0 aliphatic rings. The Kier molecular flexibility index (Phi) is 3.12. The zero-order valence-electron chi connectivity index (χ0n) is 12.2. The first-order chi connectivity index (χ1) is 11.3. The number of pyridine rings is 2. The van der Waals surface area contributed by atoms with Crippen molar-refractivity contribution in [2.24, 2.45) is 0 Å². The number of rotatable bonds is 3. The maximum Gasteiger partial charge on any atom is 0.247 e. The number of hydrogen-bond acceptors (Lipinski definition) is 5. The van der Waals surface area contributed by atoms with Crippen LogP contribution in [0.1, 0.15) is 0 Å². The average Bonchev–Trinajstić information content (AvgIpc) is 2.98. The van der Waals surface area contributed by atoms with Gasteiger partial charge < -0.3 is 11.1 Å². The van der Waals surface area contributed by atoms with Gasteiger partial charge in [-0.3, -0.25) is 0 Å². The SMILES string of the molecule is Nc1cc(Nc2nc3cccc(-c4ccccc4)n3n2)ccn1. The number of nitrogens with zero attached hydrogens (tertiary/aromatic N) is 4. The Labute approximate surface area is 132 Å². The minimum atomic E-state index is 0.448. The van der Waals surface area contributed by atoms with Gasteiger partial charge in [0.15, 0.2) is 5.65 Å². The van der Waals surface area contributed by atoms with Crippen LogP contribution in [0.3, 0.4) is 0 Å². The predicted octanol–water partition coefficient (Wildman–Crippen LogP) is 3.12. The normalized spacial score (nSPS) is 10.8. The van der Waals surface area contributed by atoms with Crippen molar-refractivity contribution in [2.75, 3.05) is 11.1 Å². The molecule has 0 radical (unpaired) electrons. The molecule has 0 aliphatic carbocycles. The zero-order valence-corrected chi connectivity index (χ0v) is 12.2. The Morgan fingerprint density at radius 3 is 2.65 bits per heavy atom. The molecule has 0 atom stereocenters. The fourth-order valence-corrected chi connectivity index (χ4v) is 2.44. The van der Waals surface area contributed by atoms with Gasteiger partial charge in [0, 0.05) is 23.5 Å². The molecule has 0 amide bonds. The van der Waals surface area contributed by atoms with Crippen LogP contribution in [0.15, 0.2) is 66.9 Å². The summed E-state index contributed by atoms with van der Waals surface area (Å²) >= 11 is 0. The second-order valence-corrected chi connectivity index (χ2v) is 5.08. The number of anilines is 3. The highest BCUT2D eigenvalue weighted by Gasteiger charge is 2.08. The van der Waals surface area contributed by atoms with Gasteiger partial charge in [-0.1, -0.05) is 36.4 Å². The van der Waals surface area contributed by atoms with E-state index in [4.69, 9.17) is 5.73 Å². The lowest BCUT2D eigenvalue weighted by molar-refractivity contribution is 0.973. The van der Waals surface area contributed by atoms with E-state index in [1.807, 2.05) is 59.1 Å². The number of aromatic nitrogens is 4. The molecule has 3 N–H and O–H groups in total. The van der Waals surface area contributed by atoms with Gasteiger partial charge in [-0.25, -0.2) is 9.50 Å². The van der Waals surface area contributed by atoms with E-state index in [1.54, 1.807) is 12.3 Å². The molecular formula is C17H14N6. The first kappa shape index (κ1) is 13.3. The van der Waals surface area contributed by atoms with Crippen LogP contribution in [0.2, 0.25) is 0 Å². The van der Waals surface area contributed by atoms with Crippen LogP contribution < -0.4 is 11.1 Å². The van der Waals surface area contributed by atoms with Crippen molar-refractivity contribution in [3.8, 4) is 11.3 Å². The van der Waals surface area contributed by atoms with Crippen molar-refractivity contribution in [1.82, 2.24) is 19.6 Å². The summed E-state index contributed by atoms with van der Waals surface area (Å²) in [6.07, 6.45) is 1.64. The summed E-state index contributed by atoms with van der Waals surface area (Å²) in [4.78, 5) is 8.47. The molecule has 23 heavy (non-hydrogen) atoms. The molecule has 3 heterocycles. The van der Waals surface area contributed by atoms with Crippen molar-refractivity contribution in [3.05, 3.63) is 66.9 Å². The lowest BCUT2D eigenvalue weighted by atomic mass is 10.1. The minimum Gasteiger partial charge on any atom is -0.384 e. The Bertz CT molecular complexity index is 961. The third-order valence-electron chi connectivity index (χ3n) is 3.47. The van der Waals surface area contributed by atoms with E-state index in [2.05, 4.69) is 20.4 Å². The Morgan fingerprint density at radius 2 is 1.83 bits per heavy atom. The topological polar surface area (TPSA) is 81.1 Å². The van der Waals surface area contributed by atoms with Gasteiger partial charge in [-0.05, 0) is 18.2 Å². The summed E-state index contributed by atoms with van der Waals surface area (Å²) in [6, 6.07) is 19.6. The quantitative estimate of drug-likeness (QED) is 0.607. The number of hydrogen-bond donors (Lipinski definition) is 2. The van der Waals surface area contributed by atoms with Gasteiger partial charge in [0.2, 0.25) is 5.95 Å². The zero-order chi connectivity index (χ0) is 15.6. The first-order valence-corrected chi connectivity index (χ1v) is 7.19. The predicted molar refractivity (Wildman–Crippen MR) is 90.4 cm³/mol. The number of nitrogen functional groups attached to an aromatic ring is 1. The van der Waals surface area contributed by atoms with E-state index in [0.717, 1.165) is 22.6 Å². The third kappa shape index (κ3) is 2.57. The molecule has 4 aromatic rings. The fourth-order valence-electron chi connectivity index (χ4n) is 2.44. The van der Waals surface area contributed by atoms with Crippen LogP contribution >= 0.6 is 0 Å². The van der Waals surface area contributed by atoms with Gasteiger partial charge >= 0.3 is 0 Å². The van der Waals surface area contributed by atoms with Crippen molar-refractivity contribution in [3.63, 3.8) is 0 Å². The highest BCUT2D eigenvalue weighted by Crippen LogP contribution is 2.21. The molecule has 0 aliphatic heterocycles. The fraction of sp³-hybridized carbons (Fsp3) is 0. The Hall–Kier alpha value is -3.41. The van der Waals surface area contributed by atoms with Gasteiger partial charge in [-0.15, -0.1) is 5.10 Å². The van der Waals surface area contributed by atoms with E-state index in [-0.39, 0.29) is 0 Å². The summed E-state index contributed by atoms with van der Waals surface area (Å²) < 4.78 is 1.82. The van der Waals surface area contributed by atoms with Crippen LogP contribution in [0.5, 0.6) is 0 Å². The molecule has 4 rings (SSSR count). The highest BCUT2D eigenvalue weighted by molar-refractivity contribution is 5.65. The van der Waals surface area contributed by atoms with Crippen LogP contribution in [0.4, 0.5) is 17.5 Å². The monoisotopic (exact) mass is 302 g/mol. The minimum absolute atomic E-state index is 0.448. The molecule has 112 valence electrons. The summed E-state index contributed by atoms with van der Waals surface area (Å²) in [5.74, 6) is 0.961. The van der Waals surface area contributed by atoms with E-state index < -0.39 is 0 Å². The molecule has 3 aromatic heterocycles. The number of nitrogens with one attached hydrogen (secondary N) is 1. The van der Waals surface area contributed by atoms with Crippen molar-refractivity contribution >= 4 is 23.1 Å². The third-order valence-corrected chi connectivity index (χ3v) is 3.47. The number of fused-ring (bicyclic) bond motifs is 1. The van der Waals surface area contributed by atoms with E-state index in [0.29, 0.717) is 11.8 Å². The van der Waals surface area contributed by atoms with Gasteiger partial charge in [0.25, 0.3) is 0 Å². The first-order valence-electron chi connectivity index (χ1n) is 7.19. The summed E-state index contributed by atoms with van der Waals surface area (Å²) in [5.41, 5.74) is 9.33. The van der Waals surface area contributed by atoms with E-state index in [9.17, 15) is 0 Å². The molecule has 0 fully saturated rings. The molecule has 6 nitrogen and oxygen atoms in total. The maximum absolute atomic E-state index is 5.69. The van der Waals surface area contributed by atoms with Gasteiger partial charge in [-0.2, -0.15) is 4.98 Å².